The Kier molecular flexibility index (Phi) is 5.16. The van der Waals surface area contributed by atoms with E-state index in [4.69, 9.17) is 23.2 Å². The van der Waals surface area contributed by atoms with E-state index >= 15 is 0 Å². The Labute approximate surface area is 117 Å². The van der Waals surface area contributed by atoms with E-state index in [2.05, 4.69) is 13.1 Å². The van der Waals surface area contributed by atoms with Gasteiger partial charge in [-0.2, -0.15) is 0 Å². The third-order valence-electron chi connectivity index (χ3n) is 2.37. The van der Waals surface area contributed by atoms with Crippen LogP contribution in [-0.4, -0.2) is 23.2 Å². The van der Waals surface area contributed by atoms with Gasteiger partial charge in [-0.1, -0.05) is 0 Å². The van der Waals surface area contributed by atoms with E-state index in [-0.39, 0.29) is 5.31 Å². The van der Waals surface area contributed by atoms with Crippen molar-refractivity contribution in [1.29, 1.82) is 0 Å². The summed E-state index contributed by atoms with van der Waals surface area (Å²) in [4.78, 5) is 18.5. The van der Waals surface area contributed by atoms with Crippen LogP contribution < -0.4 is 0 Å². The molecular formula is C8H14Cl2O3PSiZr. The minimum absolute atomic E-state index is 0.0771. The first kappa shape index (κ1) is 15.6. The molecule has 0 spiro atoms. The molecule has 0 amide bonds. The molecule has 0 saturated carbocycles. The van der Waals surface area contributed by atoms with E-state index in [0.717, 1.165) is 0 Å². The molecule has 0 aromatic heterocycles. The molecule has 8 heteroatoms. The van der Waals surface area contributed by atoms with Gasteiger partial charge in [0.05, 0.1) is 0 Å². The summed E-state index contributed by atoms with van der Waals surface area (Å²) in [7, 11) is -4.25. The van der Waals surface area contributed by atoms with E-state index in [0.29, 0.717) is 12.0 Å². The molecule has 0 saturated heterocycles. The van der Waals surface area contributed by atoms with Gasteiger partial charge in [0, 0.05) is 0 Å². The van der Waals surface area contributed by atoms with Gasteiger partial charge in [0.1, 0.15) is 0 Å². The quantitative estimate of drug-likeness (QED) is 0.441. The molecule has 0 aromatic carbocycles. The average Bonchev–Trinajstić information content (AvgIpc) is 2.18. The second-order valence-corrected chi connectivity index (χ2v) is 21.4. The van der Waals surface area contributed by atoms with E-state index < -0.39 is 42.8 Å². The molecule has 1 rings (SSSR count). The summed E-state index contributed by atoms with van der Waals surface area (Å²) >= 11 is 11.8. The van der Waals surface area contributed by atoms with E-state index in [1.54, 1.807) is 6.92 Å². The first-order chi connectivity index (χ1) is 7.08. The summed E-state index contributed by atoms with van der Waals surface area (Å²) in [6.45, 7) is 6.11. The van der Waals surface area contributed by atoms with Crippen LogP contribution in [0.2, 0.25) is 13.1 Å². The minimum atomic E-state index is -4.25. The van der Waals surface area contributed by atoms with Crippen LogP contribution in [-0.2, 0) is 26.4 Å². The van der Waals surface area contributed by atoms with Crippen molar-refractivity contribution in [2.75, 3.05) is 0 Å². The van der Waals surface area contributed by atoms with Crippen LogP contribution >= 0.6 is 30.8 Å². The molecule has 16 heavy (non-hydrogen) atoms. The third-order valence-corrected chi connectivity index (χ3v) is 15.8. The van der Waals surface area contributed by atoms with Gasteiger partial charge in [0.25, 0.3) is 0 Å². The Morgan fingerprint density at radius 1 is 1.56 bits per heavy atom. The second kappa shape index (κ2) is 5.28. The van der Waals surface area contributed by atoms with Crippen molar-refractivity contribution in [3.05, 3.63) is 10.9 Å². The van der Waals surface area contributed by atoms with Crippen LogP contribution in [0.5, 0.6) is 0 Å². The summed E-state index contributed by atoms with van der Waals surface area (Å²) in [5.41, 5.74) is 0.262. The Hall–Kier alpha value is 1.57. The molecule has 0 heterocycles. The number of hydrogen-bond acceptors (Lipinski definition) is 1. The zero-order valence-electron chi connectivity index (χ0n) is 9.29. The van der Waals surface area contributed by atoms with Crippen molar-refractivity contribution in [1.82, 2.24) is 0 Å². The molecular weight excluding hydrogens is 365 g/mol. The Morgan fingerprint density at radius 2 is 2.06 bits per heavy atom. The third kappa shape index (κ3) is 3.32. The molecule has 0 fully saturated rings. The number of halogens is 2. The molecule has 0 aromatic rings. The molecule has 0 radical (unpaired) electrons. The summed E-state index contributed by atoms with van der Waals surface area (Å²) in [5.74, 6) is 0. The topological polar surface area (TPSA) is 57.5 Å². The van der Waals surface area contributed by atoms with Crippen LogP contribution in [0.4, 0.5) is 0 Å². The SMILES string of the molecule is CC1=C(P(=O)(O)O)C(Cl)[C](Cl)([Zr]=[Si](C)C)C1. The maximum atomic E-state index is 11.3. The molecule has 91 valence electrons. The number of hydrogen-bond donors (Lipinski definition) is 2. The fraction of sp³-hybridized carbons (Fsp3) is 0.750. The van der Waals surface area contributed by atoms with Crippen molar-refractivity contribution in [2.24, 2.45) is 0 Å². The van der Waals surface area contributed by atoms with Gasteiger partial charge >= 0.3 is 118 Å². The second-order valence-electron chi connectivity index (χ2n) is 4.24. The Bertz CT molecular complexity index is 416. The van der Waals surface area contributed by atoms with Crippen LogP contribution in [0.1, 0.15) is 13.3 Å². The number of alkyl halides is 2. The van der Waals surface area contributed by atoms with Crippen LogP contribution in [0, 0.1) is 0 Å². The van der Waals surface area contributed by atoms with Gasteiger partial charge in [0.15, 0.2) is 0 Å². The fourth-order valence-corrected chi connectivity index (χ4v) is 18.4. The van der Waals surface area contributed by atoms with E-state index in [1.165, 1.54) is 0 Å². The van der Waals surface area contributed by atoms with Gasteiger partial charge in [0.2, 0.25) is 0 Å². The van der Waals surface area contributed by atoms with Crippen LogP contribution in [0.3, 0.4) is 0 Å². The van der Waals surface area contributed by atoms with Crippen molar-refractivity contribution in [3.8, 4) is 0 Å². The monoisotopic (exact) mass is 377 g/mol. The summed E-state index contributed by atoms with van der Waals surface area (Å²) in [6, 6.07) is 0. The van der Waals surface area contributed by atoms with Crippen molar-refractivity contribution >= 4 is 36.2 Å². The number of allylic oxidation sites excluding steroid dienone is 2. The fourth-order valence-electron chi connectivity index (χ4n) is 1.92. The normalized spacial score (nSPS) is 30.6. The van der Waals surface area contributed by atoms with E-state index in [9.17, 15) is 14.4 Å². The van der Waals surface area contributed by atoms with Crippen LogP contribution in [0.25, 0.3) is 0 Å². The Balaban J connectivity index is 3.17. The first-order valence-electron chi connectivity index (χ1n) is 4.75. The Morgan fingerprint density at radius 3 is 2.38 bits per heavy atom. The predicted octanol–water partition coefficient (Wildman–Crippen LogP) is 2.72. The van der Waals surface area contributed by atoms with Crippen molar-refractivity contribution in [3.63, 3.8) is 0 Å². The average molecular weight is 379 g/mol. The summed E-state index contributed by atoms with van der Waals surface area (Å²) in [6.07, 6.45) is 0.547. The molecule has 0 bridgehead atoms. The molecule has 1 aliphatic carbocycles. The van der Waals surface area contributed by atoms with Gasteiger partial charge in [-0.05, 0) is 0 Å². The summed E-state index contributed by atoms with van der Waals surface area (Å²) in [5, 5.41) is -0.602. The zero-order chi connectivity index (χ0) is 12.7. The van der Waals surface area contributed by atoms with Crippen molar-refractivity contribution < 1.29 is 36.2 Å². The standard InChI is InChI=1S/C6H8Cl2O3P.C2H6Si.Zr/c1-3-2-4(7)5(8)6(3)12(9,10)11;1-3-2;/h5H,2H2,1H3,(H2,9,10,11);1-2H3;. The molecule has 0 aliphatic heterocycles. The number of rotatable bonds is 2. The van der Waals surface area contributed by atoms with Gasteiger partial charge in [-0.15, -0.1) is 0 Å². The molecule has 3 nitrogen and oxygen atoms in total. The molecule has 1 aliphatic rings. The molecule has 2 unspecified atom stereocenters. The van der Waals surface area contributed by atoms with E-state index in [1.807, 2.05) is 0 Å². The van der Waals surface area contributed by atoms with Gasteiger partial charge < -0.3 is 0 Å². The van der Waals surface area contributed by atoms with Crippen molar-refractivity contribution in [2.45, 2.75) is 34.4 Å². The molecule has 2 atom stereocenters. The summed E-state index contributed by atoms with van der Waals surface area (Å²) < 4.78 is 10.8. The first-order valence-corrected chi connectivity index (χ1v) is 14.6. The zero-order valence-corrected chi connectivity index (χ0v) is 15.2. The molecule has 2 N–H and O–H groups in total. The maximum absolute atomic E-state index is 11.3. The predicted molar refractivity (Wildman–Crippen MR) is 65.1 cm³/mol. The van der Waals surface area contributed by atoms with Crippen LogP contribution in [0.15, 0.2) is 10.9 Å². The van der Waals surface area contributed by atoms with Gasteiger partial charge in [-0.3, -0.25) is 0 Å². The van der Waals surface area contributed by atoms with Gasteiger partial charge in [-0.25, -0.2) is 0 Å².